The van der Waals surface area contributed by atoms with Crippen molar-refractivity contribution in [3.05, 3.63) is 96.9 Å². The second-order valence-corrected chi connectivity index (χ2v) is 11.0. The van der Waals surface area contributed by atoms with E-state index in [-0.39, 0.29) is 0 Å². The first-order valence-corrected chi connectivity index (χ1v) is 12.2. The summed E-state index contributed by atoms with van der Waals surface area (Å²) in [5, 5.41) is 4.81. The Bertz CT molecular complexity index is 936. The van der Waals surface area contributed by atoms with Gasteiger partial charge in [0.1, 0.15) is 15.9 Å². The summed E-state index contributed by atoms with van der Waals surface area (Å²) in [7, 11) is -2.18. The van der Waals surface area contributed by atoms with Crippen LogP contribution in [0.1, 0.15) is 12.8 Å². The molecular formula is C24H23NOPS+. The molecule has 0 saturated heterocycles. The summed E-state index contributed by atoms with van der Waals surface area (Å²) >= 11 is 1.73. The van der Waals surface area contributed by atoms with Crippen LogP contribution < -0.4 is 21.3 Å². The van der Waals surface area contributed by atoms with Crippen LogP contribution in [0.2, 0.25) is 0 Å². The summed E-state index contributed by atoms with van der Waals surface area (Å²) in [4.78, 5) is 4.99. The molecule has 4 heteroatoms. The molecule has 3 aromatic carbocycles. The maximum Gasteiger partial charge on any atom is 0.250 e. The SMILES string of the molecule is CCSc1oc(C)nc1[P+](c1ccccc1)(c1ccccc1)c1ccccc1. The van der Waals surface area contributed by atoms with Crippen LogP contribution in [0, 0.1) is 6.92 Å². The van der Waals surface area contributed by atoms with Crippen molar-refractivity contribution in [2.24, 2.45) is 0 Å². The van der Waals surface area contributed by atoms with Gasteiger partial charge in [0, 0.05) is 6.92 Å². The molecule has 2 nitrogen and oxygen atoms in total. The fraction of sp³-hybridized carbons (Fsp3) is 0.125. The van der Waals surface area contributed by atoms with Crippen LogP contribution in [0.25, 0.3) is 0 Å². The Morgan fingerprint density at radius 3 is 1.57 bits per heavy atom. The van der Waals surface area contributed by atoms with Crippen molar-refractivity contribution in [1.82, 2.24) is 4.98 Å². The van der Waals surface area contributed by atoms with E-state index in [2.05, 4.69) is 97.9 Å². The predicted octanol–water partition coefficient (Wildman–Crippen LogP) is 4.71. The van der Waals surface area contributed by atoms with Gasteiger partial charge >= 0.3 is 0 Å². The Labute approximate surface area is 171 Å². The van der Waals surface area contributed by atoms with E-state index in [1.54, 1.807) is 11.8 Å². The van der Waals surface area contributed by atoms with Gasteiger partial charge in [0.2, 0.25) is 5.09 Å². The number of hydrogen-bond donors (Lipinski definition) is 0. The average Bonchev–Trinajstić information content (AvgIpc) is 3.12. The molecule has 0 saturated carbocycles. The second-order valence-electron chi connectivity index (χ2n) is 6.45. The quantitative estimate of drug-likeness (QED) is 0.344. The molecule has 28 heavy (non-hydrogen) atoms. The van der Waals surface area contributed by atoms with Gasteiger partial charge in [0.05, 0.1) is 0 Å². The Kier molecular flexibility index (Phi) is 5.66. The van der Waals surface area contributed by atoms with E-state index in [1.165, 1.54) is 15.9 Å². The van der Waals surface area contributed by atoms with E-state index in [4.69, 9.17) is 9.40 Å². The molecule has 4 rings (SSSR count). The number of nitrogens with zero attached hydrogens (tertiary/aromatic N) is 1. The molecule has 140 valence electrons. The molecule has 0 fully saturated rings. The van der Waals surface area contributed by atoms with Crippen molar-refractivity contribution >= 4 is 40.4 Å². The zero-order chi connectivity index (χ0) is 19.4. The summed E-state index contributed by atoms with van der Waals surface area (Å²) in [6.45, 7) is 4.10. The summed E-state index contributed by atoms with van der Waals surface area (Å²) < 4.78 is 6.11. The predicted molar refractivity (Wildman–Crippen MR) is 122 cm³/mol. The highest BCUT2D eigenvalue weighted by Crippen LogP contribution is 2.55. The lowest BCUT2D eigenvalue weighted by molar-refractivity contribution is 0.444. The van der Waals surface area contributed by atoms with Gasteiger partial charge in [-0.05, 0) is 42.2 Å². The van der Waals surface area contributed by atoms with Crippen LogP contribution in [0.4, 0.5) is 0 Å². The van der Waals surface area contributed by atoms with E-state index >= 15 is 0 Å². The Hall–Kier alpha value is -2.35. The van der Waals surface area contributed by atoms with E-state index < -0.39 is 7.26 Å². The number of rotatable bonds is 6. The topological polar surface area (TPSA) is 26.0 Å². The molecule has 0 aliphatic rings. The highest BCUT2D eigenvalue weighted by molar-refractivity contribution is 8.04. The van der Waals surface area contributed by atoms with Gasteiger partial charge in [-0.25, -0.2) is 0 Å². The third kappa shape index (κ3) is 3.30. The molecule has 0 radical (unpaired) electrons. The van der Waals surface area contributed by atoms with Crippen molar-refractivity contribution < 1.29 is 4.42 Å². The highest BCUT2D eigenvalue weighted by Gasteiger charge is 2.52. The largest absolute Gasteiger partial charge is 0.430 e. The lowest BCUT2D eigenvalue weighted by atomic mass is 10.4. The van der Waals surface area contributed by atoms with Gasteiger partial charge in [-0.3, -0.25) is 0 Å². The lowest BCUT2D eigenvalue weighted by Crippen LogP contribution is -2.40. The molecule has 1 aromatic heterocycles. The Morgan fingerprint density at radius 1 is 0.750 bits per heavy atom. The molecule has 1 heterocycles. The molecule has 0 aliphatic carbocycles. The summed E-state index contributed by atoms with van der Waals surface area (Å²) in [5.74, 6) is 1.66. The molecule has 0 bridgehead atoms. The maximum absolute atomic E-state index is 6.11. The van der Waals surface area contributed by atoms with Crippen molar-refractivity contribution in [3.63, 3.8) is 0 Å². The number of thioether (sulfide) groups is 1. The van der Waals surface area contributed by atoms with Gasteiger partial charge in [0.25, 0.3) is 5.44 Å². The number of benzene rings is 3. The molecule has 0 spiro atoms. The van der Waals surface area contributed by atoms with Crippen molar-refractivity contribution in [2.45, 2.75) is 18.9 Å². The van der Waals surface area contributed by atoms with E-state index in [9.17, 15) is 0 Å². The van der Waals surface area contributed by atoms with Crippen LogP contribution in [0.3, 0.4) is 0 Å². The smallest absolute Gasteiger partial charge is 0.250 e. The average molecular weight is 404 g/mol. The van der Waals surface area contributed by atoms with Crippen molar-refractivity contribution in [2.75, 3.05) is 5.75 Å². The number of oxazole rings is 1. The van der Waals surface area contributed by atoms with Crippen molar-refractivity contribution in [1.29, 1.82) is 0 Å². The first-order valence-electron chi connectivity index (χ1n) is 9.43. The molecule has 0 N–H and O–H groups in total. The number of aryl methyl sites for hydroxylation is 1. The summed E-state index contributed by atoms with van der Waals surface area (Å²) in [6.07, 6.45) is 0. The van der Waals surface area contributed by atoms with Crippen LogP contribution in [0.5, 0.6) is 0 Å². The zero-order valence-electron chi connectivity index (χ0n) is 16.1. The fourth-order valence-corrected chi connectivity index (χ4v) is 8.92. The normalized spacial score (nSPS) is 11.5. The zero-order valence-corrected chi connectivity index (χ0v) is 17.8. The minimum absolute atomic E-state index is 0.720. The summed E-state index contributed by atoms with van der Waals surface area (Å²) in [6, 6.07) is 32.3. The third-order valence-corrected chi connectivity index (χ3v) is 9.85. The number of aromatic nitrogens is 1. The van der Waals surface area contributed by atoms with Crippen LogP contribution >= 0.6 is 19.0 Å². The lowest BCUT2D eigenvalue weighted by Gasteiger charge is -2.25. The molecule has 0 aliphatic heterocycles. The monoisotopic (exact) mass is 404 g/mol. The minimum atomic E-state index is -2.18. The molecule has 0 atom stereocenters. The van der Waals surface area contributed by atoms with Gasteiger partial charge < -0.3 is 4.42 Å². The third-order valence-electron chi connectivity index (χ3n) is 4.71. The Morgan fingerprint density at radius 2 is 1.18 bits per heavy atom. The molecule has 0 amide bonds. The highest BCUT2D eigenvalue weighted by atomic mass is 32.2. The Balaban J connectivity index is 2.14. The first-order chi connectivity index (χ1) is 13.8. The van der Waals surface area contributed by atoms with Crippen molar-refractivity contribution in [3.8, 4) is 0 Å². The van der Waals surface area contributed by atoms with E-state index in [0.29, 0.717) is 0 Å². The fourth-order valence-electron chi connectivity index (χ4n) is 3.60. The molecule has 0 unspecified atom stereocenters. The minimum Gasteiger partial charge on any atom is -0.430 e. The van der Waals surface area contributed by atoms with Crippen LogP contribution in [0.15, 0.2) is 101 Å². The molecule has 4 aromatic rings. The van der Waals surface area contributed by atoms with Gasteiger partial charge in [-0.2, -0.15) is 4.98 Å². The van der Waals surface area contributed by atoms with Gasteiger partial charge in [-0.1, -0.05) is 73.3 Å². The second kappa shape index (κ2) is 8.34. The van der Waals surface area contributed by atoms with Gasteiger partial charge in [0.15, 0.2) is 13.2 Å². The van der Waals surface area contributed by atoms with Gasteiger partial charge in [-0.15, -0.1) is 0 Å². The van der Waals surface area contributed by atoms with E-state index in [1.807, 2.05) is 6.92 Å². The van der Waals surface area contributed by atoms with Crippen LogP contribution in [-0.4, -0.2) is 10.7 Å². The standard InChI is InChI=1S/C24H23NOPS/c1-3-28-24-23(25-19(2)26-24)27(20-13-7-4-8-14-20,21-15-9-5-10-16-21)22-17-11-6-12-18-22/h4-18H,3H2,1-2H3/q+1. The summed E-state index contributed by atoms with van der Waals surface area (Å²) in [5.41, 5.74) is 1.07. The maximum atomic E-state index is 6.11. The first kappa shape index (κ1) is 19.0. The number of hydrogen-bond acceptors (Lipinski definition) is 3. The van der Waals surface area contributed by atoms with E-state index in [0.717, 1.165) is 22.2 Å². The molecular weight excluding hydrogens is 381 g/mol. The van der Waals surface area contributed by atoms with Crippen LogP contribution in [-0.2, 0) is 0 Å².